The number of alkyl halides is 1. The highest BCUT2D eigenvalue weighted by atomic mass is 19.1. The maximum absolute atomic E-state index is 13.3. The summed E-state index contributed by atoms with van der Waals surface area (Å²) in [6, 6.07) is 11.3. The fraction of sp³-hybridized carbons (Fsp3) is 0.300. The molecule has 6 heteroatoms. The Morgan fingerprint density at radius 1 is 1.23 bits per heavy atom. The van der Waals surface area contributed by atoms with Crippen molar-refractivity contribution in [2.45, 2.75) is 25.6 Å². The van der Waals surface area contributed by atoms with Gasteiger partial charge >= 0.3 is 0 Å². The van der Waals surface area contributed by atoms with Crippen molar-refractivity contribution in [3.63, 3.8) is 0 Å². The Balaban J connectivity index is 1.64. The van der Waals surface area contributed by atoms with Gasteiger partial charge in [0, 0.05) is 36.6 Å². The zero-order valence-corrected chi connectivity index (χ0v) is 14.3. The molecule has 0 aliphatic carbocycles. The number of fused-ring (bicyclic) bond motifs is 1. The van der Waals surface area contributed by atoms with E-state index >= 15 is 0 Å². The molecule has 0 bridgehead atoms. The Kier molecular flexibility index (Phi) is 4.42. The number of carbonyl (C=O) groups is 1. The summed E-state index contributed by atoms with van der Waals surface area (Å²) in [6.07, 6.45) is 3.48. The molecule has 4 rings (SSSR count). The van der Waals surface area contributed by atoms with E-state index < -0.39 is 6.17 Å². The summed E-state index contributed by atoms with van der Waals surface area (Å²) in [5, 5.41) is 10.2. The molecule has 0 saturated carbocycles. The zero-order chi connectivity index (χ0) is 18.1. The predicted molar refractivity (Wildman–Crippen MR) is 97.0 cm³/mol. The molecule has 26 heavy (non-hydrogen) atoms. The number of pyridine rings is 1. The normalized spacial score (nSPS) is 15.5. The first-order valence-electron chi connectivity index (χ1n) is 8.76. The molecule has 0 unspecified atom stereocenters. The van der Waals surface area contributed by atoms with Gasteiger partial charge in [-0.05, 0) is 42.7 Å². The van der Waals surface area contributed by atoms with Crippen molar-refractivity contribution < 1.29 is 14.3 Å². The average molecular weight is 353 g/mol. The first kappa shape index (κ1) is 16.7. The molecular weight excluding hydrogens is 333 g/mol. The van der Waals surface area contributed by atoms with Gasteiger partial charge in [-0.2, -0.15) is 0 Å². The van der Waals surface area contributed by atoms with Crippen LogP contribution in [0.5, 0.6) is 0 Å². The van der Waals surface area contributed by atoms with Crippen LogP contribution >= 0.6 is 0 Å². The highest BCUT2D eigenvalue weighted by Crippen LogP contribution is 2.22. The predicted octanol–water partition coefficient (Wildman–Crippen LogP) is 3.09. The number of halogens is 1. The quantitative estimate of drug-likeness (QED) is 0.787. The van der Waals surface area contributed by atoms with Gasteiger partial charge in [0.25, 0.3) is 5.91 Å². The van der Waals surface area contributed by atoms with Gasteiger partial charge in [-0.25, -0.2) is 9.37 Å². The monoisotopic (exact) mass is 353 g/mol. The second-order valence-electron chi connectivity index (χ2n) is 6.62. The van der Waals surface area contributed by atoms with E-state index in [4.69, 9.17) is 0 Å². The van der Waals surface area contributed by atoms with Crippen molar-refractivity contribution in [1.82, 2.24) is 14.5 Å². The second-order valence-corrected chi connectivity index (χ2v) is 6.62. The van der Waals surface area contributed by atoms with Crippen LogP contribution in [-0.2, 0) is 6.61 Å². The van der Waals surface area contributed by atoms with Crippen molar-refractivity contribution in [1.29, 1.82) is 0 Å². The van der Waals surface area contributed by atoms with Crippen LogP contribution in [0.3, 0.4) is 0 Å². The van der Waals surface area contributed by atoms with Gasteiger partial charge in [-0.1, -0.05) is 12.1 Å². The van der Waals surface area contributed by atoms with Gasteiger partial charge in [-0.3, -0.25) is 4.79 Å². The molecule has 0 spiro atoms. The van der Waals surface area contributed by atoms with Crippen molar-refractivity contribution in [2.75, 3.05) is 13.1 Å². The number of piperidine rings is 1. The average Bonchev–Trinajstić information content (AvgIpc) is 3.11. The van der Waals surface area contributed by atoms with Crippen LogP contribution in [0, 0.1) is 0 Å². The molecule has 3 aromatic rings. The summed E-state index contributed by atoms with van der Waals surface area (Å²) in [5.41, 5.74) is 3.01. The fourth-order valence-corrected chi connectivity index (χ4v) is 3.39. The minimum Gasteiger partial charge on any atom is -0.392 e. The van der Waals surface area contributed by atoms with E-state index in [1.54, 1.807) is 11.1 Å². The molecule has 1 aliphatic heterocycles. The highest BCUT2D eigenvalue weighted by Gasteiger charge is 2.23. The van der Waals surface area contributed by atoms with Gasteiger partial charge in [0.15, 0.2) is 0 Å². The Bertz CT molecular complexity index is 945. The molecule has 1 aromatic carbocycles. The van der Waals surface area contributed by atoms with E-state index in [2.05, 4.69) is 4.98 Å². The second kappa shape index (κ2) is 6.88. The summed E-state index contributed by atoms with van der Waals surface area (Å²) in [7, 11) is 0. The summed E-state index contributed by atoms with van der Waals surface area (Å²) >= 11 is 0. The Morgan fingerprint density at radius 3 is 2.81 bits per heavy atom. The molecule has 134 valence electrons. The van der Waals surface area contributed by atoms with Gasteiger partial charge in [0.05, 0.1) is 12.2 Å². The Labute approximate surface area is 150 Å². The molecule has 5 nitrogen and oxygen atoms in total. The number of aliphatic hydroxyl groups excluding tert-OH is 1. The van der Waals surface area contributed by atoms with Gasteiger partial charge in [0.2, 0.25) is 0 Å². The number of nitrogens with zero attached hydrogens (tertiary/aromatic N) is 3. The van der Waals surface area contributed by atoms with Crippen LogP contribution in [0.15, 0.2) is 48.8 Å². The molecule has 1 fully saturated rings. The van der Waals surface area contributed by atoms with Crippen LogP contribution in [0.25, 0.3) is 16.7 Å². The number of hydrogen-bond acceptors (Lipinski definition) is 3. The van der Waals surface area contributed by atoms with Crippen molar-refractivity contribution in [3.05, 3.63) is 59.9 Å². The first-order chi connectivity index (χ1) is 12.7. The Hall–Kier alpha value is -2.73. The van der Waals surface area contributed by atoms with E-state index in [0.717, 1.165) is 22.3 Å². The third-order valence-electron chi connectivity index (χ3n) is 4.86. The summed E-state index contributed by atoms with van der Waals surface area (Å²) in [6.45, 7) is 0.884. The van der Waals surface area contributed by atoms with E-state index in [0.29, 0.717) is 31.5 Å². The maximum Gasteiger partial charge on any atom is 0.255 e. The van der Waals surface area contributed by atoms with Crippen LogP contribution in [-0.4, -0.2) is 44.7 Å². The molecule has 0 radical (unpaired) electrons. The van der Waals surface area contributed by atoms with Crippen molar-refractivity contribution in [2.24, 2.45) is 0 Å². The lowest BCUT2D eigenvalue weighted by atomic mass is 10.1. The number of rotatable bonds is 3. The number of aliphatic hydroxyl groups is 1. The summed E-state index contributed by atoms with van der Waals surface area (Å²) in [4.78, 5) is 18.8. The number of amides is 1. The fourth-order valence-electron chi connectivity index (χ4n) is 3.39. The van der Waals surface area contributed by atoms with Gasteiger partial charge < -0.3 is 14.6 Å². The number of benzene rings is 1. The van der Waals surface area contributed by atoms with E-state index in [1.807, 2.05) is 47.2 Å². The third-order valence-corrected chi connectivity index (χ3v) is 4.86. The number of likely N-dealkylation sites (tertiary alicyclic amines) is 1. The SMILES string of the molecule is O=C(c1cnc2c(ccn2-c2cccc(CO)c2)c1)N1CCC(F)CC1. The van der Waals surface area contributed by atoms with Crippen LogP contribution < -0.4 is 0 Å². The molecule has 1 saturated heterocycles. The molecular formula is C20H20FN3O2. The Morgan fingerprint density at radius 2 is 2.04 bits per heavy atom. The number of hydrogen-bond donors (Lipinski definition) is 1. The lowest BCUT2D eigenvalue weighted by Gasteiger charge is -2.28. The van der Waals surface area contributed by atoms with E-state index in [-0.39, 0.29) is 12.5 Å². The van der Waals surface area contributed by atoms with Crippen molar-refractivity contribution in [3.8, 4) is 5.69 Å². The third kappa shape index (κ3) is 3.08. The largest absolute Gasteiger partial charge is 0.392 e. The molecule has 1 aliphatic rings. The van der Waals surface area contributed by atoms with Crippen molar-refractivity contribution >= 4 is 16.9 Å². The molecule has 3 heterocycles. The summed E-state index contributed by atoms with van der Waals surface area (Å²) in [5.74, 6) is -0.0960. The van der Waals surface area contributed by atoms with Crippen LogP contribution in [0.2, 0.25) is 0 Å². The first-order valence-corrected chi connectivity index (χ1v) is 8.76. The minimum atomic E-state index is -0.802. The standard InChI is InChI=1S/C20H20FN3O2/c21-17-5-7-23(8-6-17)20(26)16-11-15-4-9-24(19(15)22-12-16)18-3-1-2-14(10-18)13-25/h1-4,9-12,17,25H,5-8,13H2. The zero-order valence-electron chi connectivity index (χ0n) is 14.3. The van der Waals surface area contributed by atoms with Crippen LogP contribution in [0.4, 0.5) is 4.39 Å². The number of aromatic nitrogens is 2. The minimum absolute atomic E-state index is 0.0192. The number of carbonyl (C=O) groups excluding carboxylic acids is 1. The topological polar surface area (TPSA) is 58.4 Å². The molecule has 2 aromatic heterocycles. The highest BCUT2D eigenvalue weighted by molar-refractivity contribution is 5.97. The molecule has 0 atom stereocenters. The molecule has 1 N–H and O–H groups in total. The lowest BCUT2D eigenvalue weighted by Crippen LogP contribution is -2.39. The van der Waals surface area contributed by atoms with Gasteiger partial charge in [-0.15, -0.1) is 0 Å². The molecule has 1 amide bonds. The lowest BCUT2D eigenvalue weighted by molar-refractivity contribution is 0.0667. The van der Waals surface area contributed by atoms with Gasteiger partial charge in [0.1, 0.15) is 11.8 Å². The van der Waals surface area contributed by atoms with E-state index in [1.165, 1.54) is 0 Å². The smallest absolute Gasteiger partial charge is 0.255 e. The summed E-state index contributed by atoms with van der Waals surface area (Å²) < 4.78 is 15.2. The van der Waals surface area contributed by atoms with E-state index in [9.17, 15) is 14.3 Å². The maximum atomic E-state index is 13.3. The van der Waals surface area contributed by atoms with Crippen LogP contribution in [0.1, 0.15) is 28.8 Å².